The van der Waals surface area contributed by atoms with Crippen LogP contribution < -0.4 is 20.9 Å². The first kappa shape index (κ1) is 25.3. The molecule has 0 aliphatic carbocycles. The first-order valence-electron chi connectivity index (χ1n) is 11.2. The minimum absolute atomic E-state index is 0.305. The fourth-order valence-electron chi connectivity index (χ4n) is 4.39. The lowest BCUT2D eigenvalue weighted by molar-refractivity contribution is -0.139. The molecular weight excluding hydrogens is 492 g/mol. The summed E-state index contributed by atoms with van der Waals surface area (Å²) >= 11 is 6.25. The first-order valence-corrected chi connectivity index (χ1v) is 11.6. The molecule has 1 spiro atoms. The zero-order valence-corrected chi connectivity index (χ0v) is 20.1. The van der Waals surface area contributed by atoms with E-state index >= 15 is 0 Å². The van der Waals surface area contributed by atoms with Gasteiger partial charge in [-0.2, -0.15) is 0 Å². The number of carboxylic acids is 1. The van der Waals surface area contributed by atoms with Gasteiger partial charge in [0.25, 0.3) is 5.91 Å². The van der Waals surface area contributed by atoms with Crippen molar-refractivity contribution in [3.05, 3.63) is 53.1 Å². The number of hydrogen-bond donors (Lipinski definition) is 4. The van der Waals surface area contributed by atoms with E-state index in [1.807, 2.05) is 0 Å². The number of fused-ring (bicyclic) bond motifs is 2. The largest absolute Gasteiger partial charge is 0.481 e. The lowest BCUT2D eigenvalue weighted by atomic mass is 9.84. The van der Waals surface area contributed by atoms with Gasteiger partial charge in [-0.15, -0.1) is 0 Å². The molecule has 36 heavy (non-hydrogen) atoms. The third kappa shape index (κ3) is 5.21. The SMILES string of the molecule is COC(=O)Nc1ccc(N[C@@H](CC(=O)O)C(=O)N2C(=O)O[C@]3(CCCNC3)c3cc(Cl)ccc32)cc1. The summed E-state index contributed by atoms with van der Waals surface area (Å²) in [5.74, 6) is -2.03. The van der Waals surface area contributed by atoms with Gasteiger partial charge in [0.05, 0.1) is 19.2 Å². The standard InChI is InChI=1S/C24H25ClN4O7/c1-35-22(33)28-16-6-4-15(5-7-16)27-18(12-20(30)31)21(32)29-19-8-3-14(25)11-17(19)24(36-23(29)34)9-2-10-26-13-24/h3-8,11,18,26-27H,2,9-10,12-13H2,1H3,(H,28,33)(H,30,31)/t18-,24-/m0/s1. The Kier molecular flexibility index (Phi) is 7.32. The third-order valence-electron chi connectivity index (χ3n) is 6.06. The molecule has 0 radical (unpaired) electrons. The predicted molar refractivity (Wildman–Crippen MR) is 131 cm³/mol. The second-order valence-electron chi connectivity index (χ2n) is 8.47. The van der Waals surface area contributed by atoms with Gasteiger partial charge in [-0.05, 0) is 61.9 Å². The number of rotatable bonds is 6. The van der Waals surface area contributed by atoms with Crippen molar-refractivity contribution in [3.8, 4) is 0 Å². The number of carbonyl (C=O) groups excluding carboxylic acids is 3. The zero-order valence-electron chi connectivity index (χ0n) is 19.4. The molecule has 2 aromatic carbocycles. The maximum Gasteiger partial charge on any atom is 0.422 e. The number of aliphatic carboxylic acids is 1. The Balaban J connectivity index is 1.63. The lowest BCUT2D eigenvalue weighted by Gasteiger charge is -2.44. The van der Waals surface area contributed by atoms with Gasteiger partial charge in [-0.25, -0.2) is 14.5 Å². The number of imide groups is 1. The molecule has 4 rings (SSSR count). The van der Waals surface area contributed by atoms with Gasteiger partial charge in [-0.3, -0.25) is 14.9 Å². The van der Waals surface area contributed by atoms with Crippen LogP contribution in [-0.2, 0) is 24.7 Å². The number of nitrogens with zero attached hydrogens (tertiary/aromatic N) is 1. The van der Waals surface area contributed by atoms with E-state index in [-0.39, 0.29) is 0 Å². The van der Waals surface area contributed by atoms with Crippen LogP contribution in [0.4, 0.5) is 26.7 Å². The summed E-state index contributed by atoms with van der Waals surface area (Å²) in [6, 6.07) is 9.71. The van der Waals surface area contributed by atoms with E-state index in [2.05, 4.69) is 20.7 Å². The molecule has 2 heterocycles. The summed E-state index contributed by atoms with van der Waals surface area (Å²) in [5.41, 5.74) is 0.761. The fraction of sp³-hybridized carbons (Fsp3) is 0.333. The van der Waals surface area contributed by atoms with Crippen molar-refractivity contribution < 1.29 is 33.8 Å². The number of benzene rings is 2. The van der Waals surface area contributed by atoms with Crippen molar-refractivity contribution in [1.82, 2.24) is 5.32 Å². The molecule has 0 saturated carbocycles. The molecule has 2 aromatic rings. The molecule has 4 N–H and O–H groups in total. The van der Waals surface area contributed by atoms with E-state index in [1.165, 1.54) is 7.11 Å². The maximum atomic E-state index is 13.6. The Bertz CT molecular complexity index is 1180. The molecule has 190 valence electrons. The van der Waals surface area contributed by atoms with Crippen LogP contribution in [0, 0.1) is 0 Å². The van der Waals surface area contributed by atoms with E-state index < -0.39 is 42.1 Å². The summed E-state index contributed by atoms with van der Waals surface area (Å²) in [6.07, 6.45) is -0.808. The van der Waals surface area contributed by atoms with Crippen molar-refractivity contribution in [3.63, 3.8) is 0 Å². The monoisotopic (exact) mass is 516 g/mol. The van der Waals surface area contributed by atoms with Crippen LogP contribution in [0.5, 0.6) is 0 Å². The average Bonchev–Trinajstić information content (AvgIpc) is 2.85. The second-order valence-corrected chi connectivity index (χ2v) is 8.90. The van der Waals surface area contributed by atoms with Gasteiger partial charge in [0.2, 0.25) is 0 Å². The molecular formula is C24H25ClN4O7. The smallest absolute Gasteiger partial charge is 0.422 e. The van der Waals surface area contributed by atoms with Crippen molar-refractivity contribution in [2.75, 3.05) is 35.7 Å². The van der Waals surface area contributed by atoms with E-state index in [1.54, 1.807) is 42.5 Å². The number of carbonyl (C=O) groups is 4. The van der Waals surface area contributed by atoms with Crippen LogP contribution in [-0.4, -0.2) is 55.4 Å². The first-order chi connectivity index (χ1) is 17.2. The van der Waals surface area contributed by atoms with E-state index in [4.69, 9.17) is 16.3 Å². The van der Waals surface area contributed by atoms with Gasteiger partial charge in [0, 0.05) is 28.5 Å². The zero-order chi connectivity index (χ0) is 25.9. The minimum atomic E-state index is -1.29. The summed E-state index contributed by atoms with van der Waals surface area (Å²) in [4.78, 5) is 50.6. The van der Waals surface area contributed by atoms with Gasteiger partial charge < -0.3 is 25.2 Å². The number of nitrogens with one attached hydrogen (secondary N) is 3. The van der Waals surface area contributed by atoms with Crippen LogP contribution in [0.3, 0.4) is 0 Å². The number of ether oxygens (including phenoxy) is 2. The van der Waals surface area contributed by atoms with E-state index in [9.17, 15) is 24.3 Å². The lowest BCUT2D eigenvalue weighted by Crippen LogP contribution is -2.56. The molecule has 12 heteroatoms. The van der Waals surface area contributed by atoms with Crippen LogP contribution in [0.1, 0.15) is 24.8 Å². The van der Waals surface area contributed by atoms with Crippen molar-refractivity contribution in [2.24, 2.45) is 0 Å². The fourth-order valence-corrected chi connectivity index (χ4v) is 4.56. The quantitative estimate of drug-likeness (QED) is 0.452. The van der Waals surface area contributed by atoms with Crippen LogP contribution >= 0.6 is 11.6 Å². The molecule has 1 fully saturated rings. The highest BCUT2D eigenvalue weighted by atomic mass is 35.5. The Hall–Kier alpha value is -3.83. The van der Waals surface area contributed by atoms with Crippen LogP contribution in [0.2, 0.25) is 5.02 Å². The summed E-state index contributed by atoms with van der Waals surface area (Å²) in [7, 11) is 1.23. The Morgan fingerprint density at radius 1 is 1.22 bits per heavy atom. The third-order valence-corrected chi connectivity index (χ3v) is 6.29. The highest BCUT2D eigenvalue weighted by Crippen LogP contribution is 2.44. The van der Waals surface area contributed by atoms with Gasteiger partial charge in [-0.1, -0.05) is 11.6 Å². The van der Waals surface area contributed by atoms with Gasteiger partial charge >= 0.3 is 18.2 Å². The number of piperidine rings is 1. The Morgan fingerprint density at radius 2 is 1.94 bits per heavy atom. The molecule has 3 amide bonds. The van der Waals surface area contributed by atoms with Gasteiger partial charge in [0.15, 0.2) is 5.60 Å². The predicted octanol–water partition coefficient (Wildman–Crippen LogP) is 3.54. The number of anilines is 3. The normalized spacial score (nSPS) is 19.6. The topological polar surface area (TPSA) is 146 Å². The number of carboxylic acid groups (broad SMARTS) is 1. The molecule has 2 atom stereocenters. The van der Waals surface area contributed by atoms with Crippen molar-refractivity contribution >= 4 is 52.7 Å². The number of hydrogen-bond acceptors (Lipinski definition) is 8. The molecule has 2 aliphatic heterocycles. The number of methoxy groups -OCH3 is 1. The highest BCUT2D eigenvalue weighted by Gasteiger charge is 2.48. The van der Waals surface area contributed by atoms with Crippen molar-refractivity contribution in [2.45, 2.75) is 30.9 Å². The molecule has 2 aliphatic rings. The molecule has 0 aromatic heterocycles. The van der Waals surface area contributed by atoms with Crippen LogP contribution in [0.15, 0.2) is 42.5 Å². The van der Waals surface area contributed by atoms with Crippen molar-refractivity contribution in [1.29, 1.82) is 0 Å². The summed E-state index contributed by atoms with van der Waals surface area (Å²) < 4.78 is 10.4. The number of amides is 3. The molecule has 0 unspecified atom stereocenters. The number of halogens is 1. The molecule has 1 saturated heterocycles. The molecule has 11 nitrogen and oxygen atoms in total. The summed E-state index contributed by atoms with van der Waals surface area (Å²) in [5, 5.41) is 18.5. The highest BCUT2D eigenvalue weighted by molar-refractivity contribution is 6.31. The van der Waals surface area contributed by atoms with E-state index in [0.717, 1.165) is 17.9 Å². The summed E-state index contributed by atoms with van der Waals surface area (Å²) in [6.45, 7) is 1.15. The second kappa shape index (κ2) is 10.4. The van der Waals surface area contributed by atoms with E-state index in [0.29, 0.717) is 40.6 Å². The minimum Gasteiger partial charge on any atom is -0.481 e. The van der Waals surface area contributed by atoms with Gasteiger partial charge in [0.1, 0.15) is 6.04 Å². The molecule has 0 bridgehead atoms. The Labute approximate surface area is 211 Å². The average molecular weight is 517 g/mol. The maximum absolute atomic E-state index is 13.6. The van der Waals surface area contributed by atoms with Crippen LogP contribution in [0.25, 0.3) is 0 Å². The Morgan fingerprint density at radius 3 is 2.58 bits per heavy atom.